The Balaban J connectivity index is 1.93. The van der Waals surface area contributed by atoms with Gasteiger partial charge in [0.05, 0.1) is 0 Å². The summed E-state index contributed by atoms with van der Waals surface area (Å²) >= 11 is 0. The van der Waals surface area contributed by atoms with E-state index in [0.29, 0.717) is 23.6 Å². The molecule has 1 aliphatic heterocycles. The Morgan fingerprint density at radius 2 is 1.86 bits per heavy atom. The van der Waals surface area contributed by atoms with Gasteiger partial charge in [0.2, 0.25) is 5.95 Å². The number of aromatic nitrogens is 4. The molecule has 3 heterocycles. The van der Waals surface area contributed by atoms with E-state index >= 15 is 0 Å². The molecular weight excluding hydrogens is 354 g/mol. The second-order valence-electron chi connectivity index (χ2n) is 7.75. The van der Waals surface area contributed by atoms with E-state index in [4.69, 9.17) is 4.98 Å². The molecule has 7 heteroatoms. The van der Waals surface area contributed by atoms with Gasteiger partial charge in [-0.3, -0.25) is 13.9 Å². The molecule has 0 unspecified atom stereocenters. The summed E-state index contributed by atoms with van der Waals surface area (Å²) in [5, 5.41) is 0. The van der Waals surface area contributed by atoms with Crippen LogP contribution in [0.2, 0.25) is 0 Å². The Morgan fingerprint density at radius 3 is 2.57 bits per heavy atom. The molecule has 4 rings (SSSR count). The zero-order valence-corrected chi connectivity index (χ0v) is 16.8. The fourth-order valence-electron chi connectivity index (χ4n) is 4.05. The van der Waals surface area contributed by atoms with Crippen molar-refractivity contribution in [2.75, 3.05) is 11.4 Å². The lowest BCUT2D eigenvalue weighted by Crippen LogP contribution is -2.40. The Morgan fingerprint density at radius 1 is 1.11 bits per heavy atom. The summed E-state index contributed by atoms with van der Waals surface area (Å²) in [5.41, 5.74) is 1.52. The molecule has 0 aliphatic carbocycles. The number of aryl methyl sites for hydroxylation is 1. The van der Waals surface area contributed by atoms with Crippen LogP contribution in [0, 0.1) is 5.92 Å². The van der Waals surface area contributed by atoms with Gasteiger partial charge in [0.1, 0.15) is 0 Å². The number of anilines is 2. The minimum atomic E-state index is -0.289. The maximum Gasteiger partial charge on any atom is 0.332 e. The minimum Gasteiger partial charge on any atom is -0.312 e. The standard InChI is InChI=1S/C21H27N5O2/c1-4-5-9-12-24-19(27)17-18(23(3)21(24)28)22-20-25(13-15(2)14-26(17)20)16-10-7-6-8-11-16/h6-8,10-11,15H,4-5,9,12-14H2,1-3H3/t15-/m1/s1. The first-order chi connectivity index (χ1) is 13.5. The van der Waals surface area contributed by atoms with Crippen LogP contribution in [0.4, 0.5) is 11.6 Å². The van der Waals surface area contributed by atoms with Crippen LogP contribution in [0.5, 0.6) is 0 Å². The predicted molar refractivity (Wildman–Crippen MR) is 111 cm³/mol. The first-order valence-electron chi connectivity index (χ1n) is 10.1. The third-order valence-corrected chi connectivity index (χ3v) is 5.50. The molecule has 28 heavy (non-hydrogen) atoms. The van der Waals surface area contributed by atoms with Crippen molar-refractivity contribution in [3.63, 3.8) is 0 Å². The van der Waals surface area contributed by atoms with Crippen molar-refractivity contribution in [1.29, 1.82) is 0 Å². The summed E-state index contributed by atoms with van der Waals surface area (Å²) in [6.45, 7) is 6.28. The van der Waals surface area contributed by atoms with E-state index < -0.39 is 0 Å². The lowest BCUT2D eigenvalue weighted by atomic mass is 10.1. The maximum absolute atomic E-state index is 13.2. The molecule has 0 radical (unpaired) electrons. The Labute approximate surface area is 163 Å². The topological polar surface area (TPSA) is 65.1 Å². The molecule has 2 aromatic heterocycles. The van der Waals surface area contributed by atoms with Gasteiger partial charge in [-0.1, -0.05) is 44.9 Å². The summed E-state index contributed by atoms with van der Waals surface area (Å²) in [4.78, 5) is 32.9. The van der Waals surface area contributed by atoms with Crippen LogP contribution in [0.1, 0.15) is 33.1 Å². The minimum absolute atomic E-state index is 0.227. The van der Waals surface area contributed by atoms with Gasteiger partial charge < -0.3 is 9.47 Å². The lowest BCUT2D eigenvalue weighted by molar-refractivity contribution is 0.457. The van der Waals surface area contributed by atoms with Gasteiger partial charge >= 0.3 is 5.69 Å². The van der Waals surface area contributed by atoms with E-state index in [-0.39, 0.29) is 11.2 Å². The maximum atomic E-state index is 13.2. The molecule has 0 spiro atoms. The van der Waals surface area contributed by atoms with Crippen LogP contribution in [0.25, 0.3) is 11.2 Å². The van der Waals surface area contributed by atoms with E-state index in [1.165, 1.54) is 9.13 Å². The first kappa shape index (κ1) is 18.5. The van der Waals surface area contributed by atoms with Crippen LogP contribution in [0.15, 0.2) is 39.9 Å². The van der Waals surface area contributed by atoms with Crippen molar-refractivity contribution in [1.82, 2.24) is 18.7 Å². The molecule has 0 bridgehead atoms. The second-order valence-corrected chi connectivity index (χ2v) is 7.75. The van der Waals surface area contributed by atoms with Gasteiger partial charge in [0, 0.05) is 32.4 Å². The number of nitrogens with zero attached hydrogens (tertiary/aromatic N) is 5. The second kappa shape index (κ2) is 7.30. The number of fused-ring (bicyclic) bond motifs is 3. The molecule has 0 N–H and O–H groups in total. The largest absolute Gasteiger partial charge is 0.332 e. The van der Waals surface area contributed by atoms with E-state index in [1.54, 1.807) is 7.05 Å². The van der Waals surface area contributed by atoms with Crippen molar-refractivity contribution in [2.45, 2.75) is 46.2 Å². The van der Waals surface area contributed by atoms with Crippen LogP contribution in [-0.2, 0) is 20.1 Å². The quantitative estimate of drug-likeness (QED) is 0.638. The molecule has 0 amide bonds. The fourth-order valence-corrected chi connectivity index (χ4v) is 4.05. The third-order valence-electron chi connectivity index (χ3n) is 5.50. The van der Waals surface area contributed by atoms with Crippen molar-refractivity contribution in [2.24, 2.45) is 13.0 Å². The molecule has 7 nitrogen and oxygen atoms in total. The van der Waals surface area contributed by atoms with Crippen molar-refractivity contribution >= 4 is 22.8 Å². The van der Waals surface area contributed by atoms with Gasteiger partial charge in [-0.15, -0.1) is 0 Å². The van der Waals surface area contributed by atoms with Gasteiger partial charge in [-0.05, 0) is 24.5 Å². The predicted octanol–water partition coefficient (Wildman–Crippen LogP) is 2.87. The fraction of sp³-hybridized carbons (Fsp3) is 0.476. The Bertz CT molecular complexity index is 1110. The van der Waals surface area contributed by atoms with Gasteiger partial charge in [-0.2, -0.15) is 4.98 Å². The van der Waals surface area contributed by atoms with E-state index in [2.05, 4.69) is 18.7 Å². The van der Waals surface area contributed by atoms with Crippen LogP contribution in [0.3, 0.4) is 0 Å². The van der Waals surface area contributed by atoms with E-state index in [0.717, 1.165) is 44.0 Å². The molecule has 148 valence electrons. The zero-order chi connectivity index (χ0) is 19.8. The molecule has 0 saturated carbocycles. The summed E-state index contributed by atoms with van der Waals surface area (Å²) in [5.74, 6) is 1.09. The van der Waals surface area contributed by atoms with Crippen LogP contribution >= 0.6 is 0 Å². The summed E-state index contributed by atoms with van der Waals surface area (Å²) in [6.07, 6.45) is 2.87. The summed E-state index contributed by atoms with van der Waals surface area (Å²) in [6, 6.07) is 10.1. The number of rotatable bonds is 5. The number of hydrogen-bond donors (Lipinski definition) is 0. The van der Waals surface area contributed by atoms with Crippen LogP contribution in [-0.4, -0.2) is 25.2 Å². The summed E-state index contributed by atoms with van der Waals surface area (Å²) < 4.78 is 4.88. The molecule has 1 aromatic carbocycles. The highest BCUT2D eigenvalue weighted by atomic mass is 16.2. The Hall–Kier alpha value is -2.83. The zero-order valence-electron chi connectivity index (χ0n) is 16.8. The van der Waals surface area contributed by atoms with Gasteiger partial charge in [0.15, 0.2) is 11.2 Å². The Kier molecular flexibility index (Phi) is 4.83. The lowest BCUT2D eigenvalue weighted by Gasteiger charge is -2.32. The SMILES string of the molecule is CCCCCn1c(=O)c2c(nc3n2C[C@H](C)CN3c2ccccc2)n(C)c1=O. The monoisotopic (exact) mass is 381 g/mol. The normalized spacial score (nSPS) is 16.5. The highest BCUT2D eigenvalue weighted by molar-refractivity contribution is 5.77. The van der Waals surface area contributed by atoms with E-state index in [1.807, 2.05) is 34.9 Å². The van der Waals surface area contributed by atoms with Crippen LogP contribution < -0.4 is 16.1 Å². The van der Waals surface area contributed by atoms with Crippen molar-refractivity contribution in [3.05, 3.63) is 51.2 Å². The number of imidazole rings is 1. The molecule has 1 atom stereocenters. The average molecular weight is 381 g/mol. The molecule has 3 aromatic rings. The average Bonchev–Trinajstić information content (AvgIpc) is 3.08. The smallest absolute Gasteiger partial charge is 0.312 e. The third kappa shape index (κ3) is 2.95. The van der Waals surface area contributed by atoms with Gasteiger partial charge in [-0.25, -0.2) is 4.79 Å². The number of benzene rings is 1. The van der Waals surface area contributed by atoms with E-state index in [9.17, 15) is 9.59 Å². The first-order valence-corrected chi connectivity index (χ1v) is 10.1. The van der Waals surface area contributed by atoms with Crippen molar-refractivity contribution < 1.29 is 0 Å². The highest BCUT2D eigenvalue weighted by Crippen LogP contribution is 2.32. The molecule has 0 saturated heterocycles. The number of hydrogen-bond acceptors (Lipinski definition) is 4. The number of para-hydroxylation sites is 1. The van der Waals surface area contributed by atoms with Gasteiger partial charge in [0.25, 0.3) is 5.56 Å². The number of unbranched alkanes of at least 4 members (excludes halogenated alkanes) is 2. The van der Waals surface area contributed by atoms with Crippen molar-refractivity contribution in [3.8, 4) is 0 Å². The molecular formula is C21H27N5O2. The molecule has 0 fully saturated rings. The molecule has 1 aliphatic rings. The highest BCUT2D eigenvalue weighted by Gasteiger charge is 2.29. The summed E-state index contributed by atoms with van der Waals surface area (Å²) in [7, 11) is 1.70.